The maximum Gasteiger partial charge on any atom is 0.229 e. The van der Waals surface area contributed by atoms with E-state index in [1.807, 2.05) is 30.3 Å². The van der Waals surface area contributed by atoms with Gasteiger partial charge in [-0.05, 0) is 18.1 Å². The molecule has 0 unspecified atom stereocenters. The number of Topliss-reactive ketones (excluding diaryl/α,β-unsaturated/α-hetero) is 1. The standard InChI is InChI=1S/C16H17NO3S/c1-21(19,20)17-15-10-6-5-7-13(15)11-12-16(18)14-8-3-2-4-9-14/h2-10,17H,11-12H2,1H3. The minimum atomic E-state index is -3.33. The number of sulfonamides is 1. The lowest BCUT2D eigenvalue weighted by Gasteiger charge is -2.10. The second-order valence-electron chi connectivity index (χ2n) is 4.82. The number of ketones is 1. The molecule has 2 aromatic rings. The molecule has 2 aromatic carbocycles. The summed E-state index contributed by atoms with van der Waals surface area (Å²) in [6, 6.07) is 16.2. The minimum absolute atomic E-state index is 0.0461. The van der Waals surface area contributed by atoms with Crippen LogP contribution in [0.15, 0.2) is 54.6 Å². The third-order valence-electron chi connectivity index (χ3n) is 3.03. The number of benzene rings is 2. The third-order valence-corrected chi connectivity index (χ3v) is 3.62. The second kappa shape index (κ2) is 6.54. The van der Waals surface area contributed by atoms with Crippen LogP contribution in [0.25, 0.3) is 0 Å². The SMILES string of the molecule is CS(=O)(=O)Nc1ccccc1CCC(=O)c1ccccc1. The zero-order valence-electron chi connectivity index (χ0n) is 11.7. The van der Waals surface area contributed by atoms with E-state index in [-0.39, 0.29) is 5.78 Å². The maximum atomic E-state index is 12.1. The van der Waals surface area contributed by atoms with Crippen molar-refractivity contribution in [2.45, 2.75) is 12.8 Å². The van der Waals surface area contributed by atoms with Crippen LogP contribution >= 0.6 is 0 Å². The Morgan fingerprint density at radius 2 is 1.62 bits per heavy atom. The van der Waals surface area contributed by atoms with Crippen molar-refractivity contribution in [2.24, 2.45) is 0 Å². The van der Waals surface area contributed by atoms with Crippen molar-refractivity contribution in [2.75, 3.05) is 11.0 Å². The zero-order valence-corrected chi connectivity index (χ0v) is 12.6. The fourth-order valence-electron chi connectivity index (χ4n) is 2.05. The number of hydrogen-bond donors (Lipinski definition) is 1. The van der Waals surface area contributed by atoms with Crippen molar-refractivity contribution in [1.29, 1.82) is 0 Å². The quantitative estimate of drug-likeness (QED) is 0.835. The van der Waals surface area contributed by atoms with Crippen LogP contribution in [0.1, 0.15) is 22.3 Å². The lowest BCUT2D eigenvalue weighted by atomic mass is 10.0. The van der Waals surface area contributed by atoms with E-state index in [2.05, 4.69) is 4.72 Å². The van der Waals surface area contributed by atoms with Gasteiger partial charge in [0.2, 0.25) is 10.0 Å². The summed E-state index contributed by atoms with van der Waals surface area (Å²) >= 11 is 0. The average Bonchev–Trinajstić information content (AvgIpc) is 2.45. The van der Waals surface area contributed by atoms with Crippen molar-refractivity contribution < 1.29 is 13.2 Å². The first-order valence-corrected chi connectivity index (χ1v) is 8.49. The van der Waals surface area contributed by atoms with Gasteiger partial charge in [0.1, 0.15) is 0 Å². The Morgan fingerprint density at radius 3 is 2.29 bits per heavy atom. The summed E-state index contributed by atoms with van der Waals surface area (Å²) < 4.78 is 25.1. The van der Waals surface area contributed by atoms with Crippen molar-refractivity contribution >= 4 is 21.5 Å². The normalized spacial score (nSPS) is 11.1. The Morgan fingerprint density at radius 1 is 1.00 bits per heavy atom. The summed E-state index contributed by atoms with van der Waals surface area (Å²) in [6.07, 6.45) is 1.94. The highest BCUT2D eigenvalue weighted by Crippen LogP contribution is 2.19. The number of carbonyl (C=O) groups is 1. The Bertz CT molecular complexity index is 724. The van der Waals surface area contributed by atoms with Crippen LogP contribution in [0.5, 0.6) is 0 Å². The van der Waals surface area contributed by atoms with Crippen molar-refractivity contribution in [1.82, 2.24) is 0 Å². The molecule has 0 aliphatic heterocycles. The number of hydrogen-bond acceptors (Lipinski definition) is 3. The first-order chi connectivity index (χ1) is 9.96. The molecule has 0 aromatic heterocycles. The lowest BCUT2D eigenvalue weighted by molar-refractivity contribution is 0.0983. The molecule has 2 rings (SSSR count). The lowest BCUT2D eigenvalue weighted by Crippen LogP contribution is -2.11. The molecule has 21 heavy (non-hydrogen) atoms. The Labute approximate surface area is 124 Å². The molecule has 4 nitrogen and oxygen atoms in total. The van der Waals surface area contributed by atoms with E-state index in [0.717, 1.165) is 11.8 Å². The summed E-state index contributed by atoms with van der Waals surface area (Å²) in [6.45, 7) is 0. The molecule has 0 atom stereocenters. The molecule has 0 saturated carbocycles. The van der Waals surface area contributed by atoms with Crippen LogP contribution < -0.4 is 4.72 Å². The maximum absolute atomic E-state index is 12.1. The van der Waals surface area contributed by atoms with Gasteiger partial charge in [0, 0.05) is 12.0 Å². The van der Waals surface area contributed by atoms with Gasteiger partial charge in [-0.1, -0.05) is 48.5 Å². The molecule has 0 amide bonds. The molecule has 5 heteroatoms. The van der Waals surface area contributed by atoms with Crippen molar-refractivity contribution in [3.8, 4) is 0 Å². The Balaban J connectivity index is 2.09. The van der Waals surface area contributed by atoms with E-state index < -0.39 is 10.0 Å². The monoisotopic (exact) mass is 303 g/mol. The number of anilines is 1. The van der Waals surface area contributed by atoms with E-state index in [4.69, 9.17) is 0 Å². The van der Waals surface area contributed by atoms with E-state index >= 15 is 0 Å². The largest absolute Gasteiger partial charge is 0.294 e. The van der Waals surface area contributed by atoms with Crippen LogP contribution in [0.2, 0.25) is 0 Å². The van der Waals surface area contributed by atoms with Gasteiger partial charge in [-0.15, -0.1) is 0 Å². The molecule has 0 aliphatic rings. The number of carbonyl (C=O) groups excluding carboxylic acids is 1. The van der Waals surface area contributed by atoms with E-state index in [1.165, 1.54) is 0 Å². The molecular weight excluding hydrogens is 286 g/mol. The molecule has 0 spiro atoms. The number of nitrogens with one attached hydrogen (secondary N) is 1. The van der Waals surface area contributed by atoms with Gasteiger partial charge in [0.25, 0.3) is 0 Å². The highest BCUT2D eigenvalue weighted by molar-refractivity contribution is 7.92. The van der Waals surface area contributed by atoms with Gasteiger partial charge in [0.05, 0.1) is 11.9 Å². The predicted molar refractivity (Wildman–Crippen MR) is 84.0 cm³/mol. The summed E-state index contributed by atoms with van der Waals surface area (Å²) in [4.78, 5) is 12.1. The molecule has 110 valence electrons. The molecule has 0 radical (unpaired) electrons. The molecule has 0 saturated heterocycles. The molecule has 1 N–H and O–H groups in total. The highest BCUT2D eigenvalue weighted by Gasteiger charge is 2.10. The van der Waals surface area contributed by atoms with Crippen LogP contribution in [0.3, 0.4) is 0 Å². The van der Waals surface area contributed by atoms with Gasteiger partial charge < -0.3 is 0 Å². The fraction of sp³-hybridized carbons (Fsp3) is 0.188. The molecular formula is C16H17NO3S. The Hall–Kier alpha value is -2.14. The zero-order chi connectivity index (χ0) is 15.3. The smallest absolute Gasteiger partial charge is 0.229 e. The van der Waals surface area contributed by atoms with Gasteiger partial charge in [-0.2, -0.15) is 0 Å². The van der Waals surface area contributed by atoms with Crippen LogP contribution in [0.4, 0.5) is 5.69 Å². The second-order valence-corrected chi connectivity index (χ2v) is 6.57. The Kier molecular flexibility index (Phi) is 4.75. The summed E-state index contributed by atoms with van der Waals surface area (Å²) in [5.41, 5.74) is 2.01. The first-order valence-electron chi connectivity index (χ1n) is 6.59. The summed E-state index contributed by atoms with van der Waals surface area (Å²) in [5, 5.41) is 0. The van der Waals surface area contributed by atoms with Gasteiger partial charge in [0.15, 0.2) is 5.78 Å². The topological polar surface area (TPSA) is 63.2 Å². The molecule has 0 bridgehead atoms. The van der Waals surface area contributed by atoms with E-state index in [1.54, 1.807) is 24.3 Å². The highest BCUT2D eigenvalue weighted by atomic mass is 32.2. The minimum Gasteiger partial charge on any atom is -0.294 e. The first kappa shape index (κ1) is 15.3. The van der Waals surface area contributed by atoms with Gasteiger partial charge in [-0.3, -0.25) is 9.52 Å². The summed E-state index contributed by atoms with van der Waals surface area (Å²) in [7, 11) is -3.33. The molecule has 0 heterocycles. The number of aryl methyl sites for hydroxylation is 1. The average molecular weight is 303 g/mol. The van der Waals surface area contributed by atoms with Crippen LogP contribution in [0, 0.1) is 0 Å². The van der Waals surface area contributed by atoms with Crippen LogP contribution in [-0.4, -0.2) is 20.5 Å². The van der Waals surface area contributed by atoms with E-state index in [9.17, 15) is 13.2 Å². The number of rotatable bonds is 6. The fourth-order valence-corrected chi connectivity index (χ4v) is 2.65. The van der Waals surface area contributed by atoms with Crippen LogP contribution in [-0.2, 0) is 16.4 Å². The third kappa shape index (κ3) is 4.72. The van der Waals surface area contributed by atoms with Gasteiger partial charge in [-0.25, -0.2) is 8.42 Å². The van der Waals surface area contributed by atoms with Crippen molar-refractivity contribution in [3.05, 3.63) is 65.7 Å². The van der Waals surface area contributed by atoms with Gasteiger partial charge >= 0.3 is 0 Å². The predicted octanol–water partition coefficient (Wildman–Crippen LogP) is 2.87. The summed E-state index contributed by atoms with van der Waals surface area (Å²) in [5.74, 6) is 0.0461. The number of para-hydroxylation sites is 1. The van der Waals surface area contributed by atoms with Crippen molar-refractivity contribution in [3.63, 3.8) is 0 Å². The van der Waals surface area contributed by atoms with E-state index in [0.29, 0.717) is 24.1 Å². The molecule has 0 fully saturated rings. The molecule has 0 aliphatic carbocycles.